The lowest BCUT2D eigenvalue weighted by Gasteiger charge is -2.08. The van der Waals surface area contributed by atoms with Crippen LogP contribution in [0, 0.1) is 5.92 Å². The number of Topliss-reactive ketones (excluding diaryl/α,β-unsaturated/α-hetero) is 1. The molecule has 0 atom stereocenters. The number of hydrogen-bond donors (Lipinski definition) is 1. The summed E-state index contributed by atoms with van der Waals surface area (Å²) >= 11 is 0. The Morgan fingerprint density at radius 2 is 1.46 bits per heavy atom. The Balaban J connectivity index is 0. The van der Waals surface area contributed by atoms with E-state index in [1.165, 1.54) is 0 Å². The first-order chi connectivity index (χ1) is 11.6. The van der Waals surface area contributed by atoms with E-state index in [4.69, 9.17) is 18.9 Å². The van der Waals surface area contributed by atoms with Crippen molar-refractivity contribution in [3.05, 3.63) is 0 Å². The average molecular weight is 349 g/mol. The van der Waals surface area contributed by atoms with Crippen LogP contribution >= 0.6 is 0 Å². The molecule has 0 aliphatic carbocycles. The molecule has 1 amide bonds. The largest absolute Gasteiger partial charge is 0.382 e. The molecule has 0 fully saturated rings. The summed E-state index contributed by atoms with van der Waals surface area (Å²) in [6, 6.07) is 0. The molecule has 0 unspecified atom stereocenters. The van der Waals surface area contributed by atoms with Crippen molar-refractivity contribution in [3.8, 4) is 0 Å². The molecule has 0 bridgehead atoms. The lowest BCUT2D eigenvalue weighted by atomic mass is 10.1. The molecule has 1 N–H and O–H groups in total. The van der Waals surface area contributed by atoms with E-state index in [2.05, 4.69) is 5.32 Å². The van der Waals surface area contributed by atoms with Crippen molar-refractivity contribution in [2.45, 2.75) is 34.1 Å². The fourth-order valence-corrected chi connectivity index (χ4v) is 1.32. The number of nitrogens with one attached hydrogen (secondary N) is 1. The molecule has 0 aliphatic rings. The molecular weight excluding hydrogens is 314 g/mol. The second-order valence-corrected chi connectivity index (χ2v) is 4.99. The van der Waals surface area contributed by atoms with E-state index in [9.17, 15) is 9.59 Å². The Morgan fingerprint density at radius 3 is 2.08 bits per heavy atom. The summed E-state index contributed by atoms with van der Waals surface area (Å²) in [5.41, 5.74) is 0. The Bertz CT molecular complexity index is 297. The molecule has 0 radical (unpaired) electrons. The van der Waals surface area contributed by atoms with Gasteiger partial charge in [-0.25, -0.2) is 0 Å². The van der Waals surface area contributed by atoms with Crippen LogP contribution in [0.15, 0.2) is 0 Å². The van der Waals surface area contributed by atoms with E-state index in [-0.39, 0.29) is 24.2 Å². The lowest BCUT2D eigenvalue weighted by Crippen LogP contribution is -2.28. The predicted molar refractivity (Wildman–Crippen MR) is 93.2 cm³/mol. The standard InChI is InChI=1S/C15H29NO6.C2H6/c1-13(2)14(17)12-22-11-10-21-7-5-16-15(18)4-6-20-9-8-19-3;1-2/h13H,4-12H2,1-3H3,(H,16,18);1-2H3. The minimum absolute atomic E-state index is 0.00499. The number of amides is 1. The van der Waals surface area contributed by atoms with Gasteiger partial charge in [0.25, 0.3) is 0 Å². The third-order valence-electron chi connectivity index (χ3n) is 2.73. The van der Waals surface area contributed by atoms with Crippen LogP contribution in [0.4, 0.5) is 0 Å². The highest BCUT2D eigenvalue weighted by Gasteiger charge is 2.06. The van der Waals surface area contributed by atoms with Crippen molar-refractivity contribution in [2.75, 3.05) is 59.9 Å². The third-order valence-corrected chi connectivity index (χ3v) is 2.73. The number of ether oxygens (including phenoxy) is 4. The summed E-state index contributed by atoms with van der Waals surface area (Å²) in [5, 5.41) is 2.73. The molecule has 0 aromatic carbocycles. The van der Waals surface area contributed by atoms with Gasteiger partial charge in [0, 0.05) is 26.0 Å². The molecule has 0 saturated carbocycles. The minimum Gasteiger partial charge on any atom is -0.382 e. The monoisotopic (exact) mass is 349 g/mol. The molecule has 0 aromatic rings. The Morgan fingerprint density at radius 1 is 0.875 bits per heavy atom. The molecule has 0 spiro atoms. The second kappa shape index (κ2) is 20.0. The summed E-state index contributed by atoms with van der Waals surface area (Å²) in [4.78, 5) is 22.7. The zero-order chi connectivity index (χ0) is 18.6. The fourth-order valence-electron chi connectivity index (χ4n) is 1.32. The van der Waals surface area contributed by atoms with Crippen molar-refractivity contribution in [1.29, 1.82) is 0 Å². The maximum Gasteiger partial charge on any atom is 0.222 e. The number of hydrogen-bond acceptors (Lipinski definition) is 6. The molecule has 24 heavy (non-hydrogen) atoms. The molecule has 7 heteroatoms. The minimum atomic E-state index is -0.0696. The van der Waals surface area contributed by atoms with Crippen molar-refractivity contribution >= 4 is 11.7 Å². The van der Waals surface area contributed by atoms with Gasteiger partial charge in [-0.05, 0) is 0 Å². The molecule has 0 aliphatic heterocycles. The topological polar surface area (TPSA) is 83.1 Å². The molecule has 144 valence electrons. The molecule has 0 aromatic heterocycles. The van der Waals surface area contributed by atoms with Gasteiger partial charge in [0.15, 0.2) is 5.78 Å². The summed E-state index contributed by atoms with van der Waals surface area (Å²) in [7, 11) is 1.60. The van der Waals surface area contributed by atoms with E-state index in [0.29, 0.717) is 52.6 Å². The van der Waals surface area contributed by atoms with Crippen molar-refractivity contribution in [2.24, 2.45) is 5.92 Å². The van der Waals surface area contributed by atoms with Crippen LogP contribution in [-0.2, 0) is 28.5 Å². The van der Waals surface area contributed by atoms with Gasteiger partial charge in [-0.15, -0.1) is 0 Å². The number of methoxy groups -OCH3 is 1. The van der Waals surface area contributed by atoms with E-state index < -0.39 is 0 Å². The predicted octanol–water partition coefficient (Wildman–Crippen LogP) is 1.44. The van der Waals surface area contributed by atoms with Gasteiger partial charge >= 0.3 is 0 Å². The van der Waals surface area contributed by atoms with E-state index in [0.717, 1.165) is 0 Å². The third kappa shape index (κ3) is 19.0. The van der Waals surface area contributed by atoms with E-state index >= 15 is 0 Å². The highest BCUT2D eigenvalue weighted by molar-refractivity contribution is 5.81. The molecule has 0 saturated heterocycles. The number of ketones is 1. The smallest absolute Gasteiger partial charge is 0.222 e. The maximum absolute atomic E-state index is 11.4. The van der Waals surface area contributed by atoms with Crippen molar-refractivity contribution < 1.29 is 28.5 Å². The lowest BCUT2D eigenvalue weighted by molar-refractivity contribution is -0.127. The van der Waals surface area contributed by atoms with E-state index in [1.54, 1.807) is 7.11 Å². The number of carbonyl (C=O) groups is 2. The molecule has 0 heterocycles. The van der Waals surface area contributed by atoms with Crippen LogP contribution in [0.5, 0.6) is 0 Å². The van der Waals surface area contributed by atoms with Crippen LogP contribution in [0.1, 0.15) is 34.1 Å². The van der Waals surface area contributed by atoms with Gasteiger partial charge in [-0.3, -0.25) is 9.59 Å². The van der Waals surface area contributed by atoms with Gasteiger partial charge in [0.2, 0.25) is 5.91 Å². The normalized spacial score (nSPS) is 10.2. The maximum atomic E-state index is 11.4. The Labute approximate surface area is 146 Å². The number of rotatable bonds is 15. The van der Waals surface area contributed by atoms with Crippen molar-refractivity contribution in [3.63, 3.8) is 0 Å². The first-order valence-electron chi connectivity index (χ1n) is 8.59. The van der Waals surface area contributed by atoms with Crippen molar-refractivity contribution in [1.82, 2.24) is 5.32 Å². The highest BCUT2D eigenvalue weighted by Crippen LogP contribution is 1.94. The quantitative estimate of drug-likeness (QED) is 0.451. The first-order valence-corrected chi connectivity index (χ1v) is 8.59. The van der Waals surface area contributed by atoms with E-state index in [1.807, 2.05) is 27.7 Å². The first kappa shape index (κ1) is 25.2. The van der Waals surface area contributed by atoms with Crippen LogP contribution in [0.3, 0.4) is 0 Å². The SMILES string of the molecule is CC.COCCOCCC(=O)NCCOCCOCC(=O)C(C)C. The summed E-state index contributed by atoms with van der Waals surface area (Å²) in [6.45, 7) is 10.9. The van der Waals surface area contributed by atoms with Crippen LogP contribution in [0.2, 0.25) is 0 Å². The van der Waals surface area contributed by atoms with Crippen LogP contribution in [0.25, 0.3) is 0 Å². The highest BCUT2D eigenvalue weighted by atomic mass is 16.5. The van der Waals surface area contributed by atoms with Gasteiger partial charge in [-0.1, -0.05) is 27.7 Å². The Kier molecular flexibility index (Phi) is 21.0. The van der Waals surface area contributed by atoms with Crippen LogP contribution in [-0.4, -0.2) is 71.6 Å². The number of carbonyl (C=O) groups excluding carboxylic acids is 2. The zero-order valence-electron chi connectivity index (χ0n) is 15.9. The van der Waals surface area contributed by atoms with Gasteiger partial charge in [-0.2, -0.15) is 0 Å². The van der Waals surface area contributed by atoms with Crippen LogP contribution < -0.4 is 5.32 Å². The molecule has 7 nitrogen and oxygen atoms in total. The van der Waals surface area contributed by atoms with Gasteiger partial charge in [0.05, 0.1) is 39.6 Å². The molecular formula is C17H35NO6. The van der Waals surface area contributed by atoms with Gasteiger partial charge < -0.3 is 24.3 Å². The molecule has 0 rings (SSSR count). The fraction of sp³-hybridized carbons (Fsp3) is 0.882. The summed E-state index contributed by atoms with van der Waals surface area (Å²) < 4.78 is 20.5. The summed E-state index contributed by atoms with van der Waals surface area (Å²) in [5.74, 6) is 0.00869. The Hall–Kier alpha value is -1.02. The van der Waals surface area contributed by atoms with Gasteiger partial charge in [0.1, 0.15) is 6.61 Å². The summed E-state index contributed by atoms with van der Waals surface area (Å²) in [6.07, 6.45) is 0.324. The second-order valence-electron chi connectivity index (χ2n) is 4.99. The zero-order valence-corrected chi connectivity index (χ0v) is 15.9. The average Bonchev–Trinajstić information content (AvgIpc) is 2.58.